The van der Waals surface area contributed by atoms with E-state index in [0.29, 0.717) is 11.6 Å². The molecule has 2 heterocycles. The minimum Gasteiger partial charge on any atom is -0.850 e. The fourth-order valence-corrected chi connectivity index (χ4v) is 4.73. The molecule has 0 unspecified atom stereocenters. The maximum Gasteiger partial charge on any atom is 0.262 e. The van der Waals surface area contributed by atoms with Crippen LogP contribution in [0.4, 0.5) is 5.69 Å². The van der Waals surface area contributed by atoms with Crippen LogP contribution in [0.5, 0.6) is 0 Å². The van der Waals surface area contributed by atoms with E-state index in [-0.39, 0.29) is 6.61 Å². The topological polar surface area (TPSA) is 30.2 Å². The first kappa shape index (κ1) is 18.9. The molecule has 0 radical (unpaired) electrons. The highest BCUT2D eigenvalue weighted by atomic mass is 35.5. The number of para-hydroxylation sites is 1. The fraction of sp³-hybridized carbons (Fsp3) is 0.174. The van der Waals surface area contributed by atoms with E-state index >= 15 is 0 Å². The van der Waals surface area contributed by atoms with Gasteiger partial charge in [0.25, 0.3) is 5.01 Å². The van der Waals surface area contributed by atoms with Crippen molar-refractivity contribution in [2.75, 3.05) is 18.1 Å². The zero-order valence-corrected chi connectivity index (χ0v) is 17.2. The van der Waals surface area contributed by atoms with Crippen LogP contribution >= 0.6 is 22.9 Å². The van der Waals surface area contributed by atoms with Gasteiger partial charge in [-0.05, 0) is 36.8 Å². The molecule has 0 atom stereocenters. The van der Waals surface area contributed by atoms with E-state index in [1.165, 1.54) is 16.8 Å². The molecule has 0 amide bonds. The van der Waals surface area contributed by atoms with E-state index in [9.17, 15) is 5.11 Å². The summed E-state index contributed by atoms with van der Waals surface area (Å²) >= 11 is 7.82. The zero-order valence-electron chi connectivity index (χ0n) is 15.6. The second-order valence-electron chi connectivity index (χ2n) is 6.51. The van der Waals surface area contributed by atoms with Crippen molar-refractivity contribution in [3.8, 4) is 0 Å². The van der Waals surface area contributed by atoms with Gasteiger partial charge in [-0.2, -0.15) is 4.57 Å². The summed E-state index contributed by atoms with van der Waals surface area (Å²) < 4.78 is 3.18. The smallest absolute Gasteiger partial charge is 0.262 e. The Bertz CT molecular complexity index is 1100. The van der Waals surface area contributed by atoms with Gasteiger partial charge in [-0.3, -0.25) is 0 Å². The Hall–Kier alpha value is -2.40. The Balaban J connectivity index is 1.69. The Labute approximate surface area is 174 Å². The Morgan fingerprint density at radius 3 is 2.89 bits per heavy atom. The summed E-state index contributed by atoms with van der Waals surface area (Å²) in [5, 5.41) is 13.0. The maximum atomic E-state index is 11.3. The number of rotatable bonds is 5. The molecule has 0 saturated heterocycles. The number of fused-ring (bicyclic) bond motifs is 2. The van der Waals surface area contributed by atoms with Gasteiger partial charge in [-0.1, -0.05) is 59.9 Å². The van der Waals surface area contributed by atoms with Gasteiger partial charge in [-0.15, -0.1) is 0 Å². The molecule has 4 rings (SSSR count). The predicted molar refractivity (Wildman–Crippen MR) is 118 cm³/mol. The maximum absolute atomic E-state index is 11.3. The average Bonchev–Trinajstić information content (AvgIpc) is 3.05. The van der Waals surface area contributed by atoms with Gasteiger partial charge in [0.2, 0.25) is 5.52 Å². The molecule has 0 aliphatic carbocycles. The number of aromatic nitrogens is 1. The standard InChI is InChI=1S/C23H21ClN2OS/c1-2-25-13-12-17(19-7-3-4-8-20(19)25)6-5-9-23-26(14-15-27)21-16-18(24)10-11-22(21)28-23/h3-13,16H,2,14-15H2,1H3. The number of benzene rings is 2. The third-order valence-electron chi connectivity index (χ3n) is 4.82. The van der Waals surface area contributed by atoms with E-state index in [1.807, 2.05) is 18.2 Å². The molecule has 3 nitrogen and oxygen atoms in total. The number of anilines is 1. The molecular weight excluding hydrogens is 388 g/mol. The molecule has 2 aromatic carbocycles. The predicted octanol–water partition coefficient (Wildman–Crippen LogP) is 4.65. The van der Waals surface area contributed by atoms with Gasteiger partial charge in [0.15, 0.2) is 0 Å². The monoisotopic (exact) mass is 408 g/mol. The second kappa shape index (κ2) is 8.31. The van der Waals surface area contributed by atoms with Crippen molar-refractivity contribution in [2.45, 2.75) is 13.5 Å². The molecule has 5 heteroatoms. The van der Waals surface area contributed by atoms with Gasteiger partial charge in [-0.25, -0.2) is 0 Å². The van der Waals surface area contributed by atoms with Crippen LogP contribution in [0.25, 0.3) is 21.9 Å². The summed E-state index contributed by atoms with van der Waals surface area (Å²) in [6.45, 7) is 3.37. The number of hydrogen-bond acceptors (Lipinski definition) is 3. The third kappa shape index (κ3) is 3.63. The molecule has 0 saturated carbocycles. The Morgan fingerprint density at radius 2 is 2.07 bits per heavy atom. The van der Waals surface area contributed by atoms with E-state index in [1.54, 1.807) is 11.3 Å². The van der Waals surface area contributed by atoms with Crippen LogP contribution in [-0.2, 0) is 6.54 Å². The van der Waals surface area contributed by atoms with Crippen LogP contribution in [0.15, 0.2) is 66.9 Å². The minimum absolute atomic E-state index is 0.159. The van der Waals surface area contributed by atoms with E-state index < -0.39 is 0 Å². The molecular formula is C23H21ClN2OS. The number of halogens is 1. The molecule has 0 fully saturated rings. The van der Waals surface area contributed by atoms with Gasteiger partial charge < -0.3 is 10.0 Å². The molecule has 1 aliphatic heterocycles. The normalized spacial score (nSPS) is 15.1. The lowest BCUT2D eigenvalue weighted by Crippen LogP contribution is -2.39. The van der Waals surface area contributed by atoms with Gasteiger partial charge in [0.1, 0.15) is 11.2 Å². The van der Waals surface area contributed by atoms with Crippen molar-refractivity contribution >= 4 is 50.5 Å². The average molecular weight is 409 g/mol. The first-order chi connectivity index (χ1) is 13.7. The van der Waals surface area contributed by atoms with Gasteiger partial charge in [0.05, 0.1) is 0 Å². The van der Waals surface area contributed by atoms with E-state index in [2.05, 4.69) is 71.2 Å². The van der Waals surface area contributed by atoms with Crippen molar-refractivity contribution in [1.29, 1.82) is 0 Å². The van der Waals surface area contributed by atoms with Crippen LogP contribution in [0.1, 0.15) is 17.5 Å². The lowest BCUT2D eigenvalue weighted by Gasteiger charge is -2.26. The van der Waals surface area contributed by atoms with Crippen molar-refractivity contribution in [3.05, 3.63) is 82.5 Å². The second-order valence-corrected chi connectivity index (χ2v) is 8.01. The largest absolute Gasteiger partial charge is 0.850 e. The molecule has 0 bridgehead atoms. The molecule has 1 aromatic heterocycles. The molecule has 142 valence electrons. The van der Waals surface area contributed by atoms with Crippen molar-refractivity contribution in [3.63, 3.8) is 0 Å². The zero-order chi connectivity index (χ0) is 19.5. The molecule has 1 aliphatic rings. The van der Waals surface area contributed by atoms with Crippen molar-refractivity contribution < 1.29 is 9.67 Å². The Morgan fingerprint density at radius 1 is 1.21 bits per heavy atom. The van der Waals surface area contributed by atoms with Gasteiger partial charge >= 0.3 is 0 Å². The highest BCUT2D eigenvalue weighted by Gasteiger charge is 2.17. The highest BCUT2D eigenvalue weighted by molar-refractivity contribution is 7.18. The molecule has 0 spiro atoms. The SMILES string of the molecule is CCN1C=C/C(=C\C=C\c2sc3ccc(Cl)cc3[n+]2CC[O-])c2ccccc21. The summed E-state index contributed by atoms with van der Waals surface area (Å²) in [5.74, 6) is 0. The fourth-order valence-electron chi connectivity index (χ4n) is 3.48. The first-order valence-electron chi connectivity index (χ1n) is 9.34. The molecule has 0 N–H and O–H groups in total. The quantitative estimate of drug-likeness (QED) is 0.575. The lowest BCUT2D eigenvalue weighted by molar-refractivity contribution is -0.685. The van der Waals surface area contributed by atoms with Crippen LogP contribution in [-0.4, -0.2) is 13.2 Å². The van der Waals surface area contributed by atoms with Crippen molar-refractivity contribution in [1.82, 2.24) is 0 Å². The summed E-state index contributed by atoms with van der Waals surface area (Å²) in [7, 11) is 0. The number of allylic oxidation sites excluding steroid dienone is 4. The van der Waals surface area contributed by atoms with Crippen molar-refractivity contribution in [2.24, 2.45) is 0 Å². The van der Waals surface area contributed by atoms with E-state index in [0.717, 1.165) is 21.8 Å². The number of nitrogens with zero attached hydrogens (tertiary/aromatic N) is 2. The summed E-state index contributed by atoms with van der Waals surface area (Å²) in [4.78, 5) is 2.24. The third-order valence-corrected chi connectivity index (χ3v) is 6.19. The summed E-state index contributed by atoms with van der Waals surface area (Å²) in [6.07, 6.45) is 10.5. The summed E-state index contributed by atoms with van der Waals surface area (Å²) in [5.41, 5.74) is 4.65. The number of hydrogen-bond donors (Lipinski definition) is 0. The van der Waals surface area contributed by atoms with Gasteiger partial charge in [0, 0.05) is 41.2 Å². The van der Waals surface area contributed by atoms with E-state index in [4.69, 9.17) is 11.6 Å². The van der Waals surface area contributed by atoms with Crippen LogP contribution < -0.4 is 14.6 Å². The first-order valence-corrected chi connectivity index (χ1v) is 10.5. The van der Waals surface area contributed by atoms with Crippen LogP contribution in [0, 0.1) is 0 Å². The molecule has 3 aromatic rings. The Kier molecular flexibility index (Phi) is 5.62. The lowest BCUT2D eigenvalue weighted by atomic mass is 9.99. The number of thiazole rings is 1. The highest BCUT2D eigenvalue weighted by Crippen LogP contribution is 2.32. The molecule has 28 heavy (non-hydrogen) atoms. The van der Waals surface area contributed by atoms with Crippen LogP contribution in [0.2, 0.25) is 5.02 Å². The van der Waals surface area contributed by atoms with Crippen LogP contribution in [0.3, 0.4) is 0 Å². The minimum atomic E-state index is -0.159. The summed E-state index contributed by atoms with van der Waals surface area (Å²) in [6, 6.07) is 14.3.